The molecule has 0 aromatic heterocycles. The van der Waals surface area contributed by atoms with Crippen molar-refractivity contribution in [2.24, 2.45) is 0 Å². The minimum atomic E-state index is -0.530. The molecule has 126 valence electrons. The van der Waals surface area contributed by atoms with E-state index in [1.807, 2.05) is 0 Å². The molecule has 8 heteroatoms. The van der Waals surface area contributed by atoms with Crippen LogP contribution in [0.4, 0.5) is 14.9 Å². The van der Waals surface area contributed by atoms with E-state index in [2.05, 4.69) is 0 Å². The van der Waals surface area contributed by atoms with E-state index in [9.17, 15) is 24.1 Å². The number of hydrogen-bond acceptors (Lipinski definition) is 5. The first kappa shape index (κ1) is 16.8. The van der Waals surface area contributed by atoms with Crippen LogP contribution in [0.15, 0.2) is 53.4 Å². The van der Waals surface area contributed by atoms with Gasteiger partial charge in [-0.15, -0.1) is 0 Å². The summed E-state index contributed by atoms with van der Waals surface area (Å²) in [5.41, 5.74) is 0.987. The van der Waals surface area contributed by atoms with Crippen LogP contribution in [0.25, 0.3) is 6.08 Å². The van der Waals surface area contributed by atoms with Crippen LogP contribution in [0.2, 0.25) is 0 Å². The Labute approximate surface area is 146 Å². The monoisotopic (exact) mass is 358 g/mol. The Morgan fingerprint density at radius 1 is 1.16 bits per heavy atom. The Hall–Kier alpha value is -3.00. The molecule has 0 N–H and O–H groups in total. The Kier molecular flexibility index (Phi) is 4.62. The maximum atomic E-state index is 12.9. The molecule has 1 fully saturated rings. The quantitative estimate of drug-likeness (QED) is 0.469. The van der Waals surface area contributed by atoms with Crippen LogP contribution in [-0.4, -0.2) is 21.0 Å². The van der Waals surface area contributed by atoms with E-state index in [4.69, 9.17) is 0 Å². The summed E-state index contributed by atoms with van der Waals surface area (Å²) < 4.78 is 12.9. The van der Waals surface area contributed by atoms with Gasteiger partial charge in [0.15, 0.2) is 0 Å². The summed E-state index contributed by atoms with van der Waals surface area (Å²) in [5.74, 6) is -0.880. The predicted octanol–water partition coefficient (Wildman–Crippen LogP) is 3.97. The number of thioether (sulfide) groups is 1. The Morgan fingerprint density at radius 2 is 1.88 bits per heavy atom. The molecule has 0 atom stereocenters. The van der Waals surface area contributed by atoms with E-state index >= 15 is 0 Å². The molecule has 2 amide bonds. The molecule has 0 radical (unpaired) electrons. The van der Waals surface area contributed by atoms with Crippen molar-refractivity contribution in [3.8, 4) is 0 Å². The summed E-state index contributed by atoms with van der Waals surface area (Å²) in [6.07, 6.45) is 1.45. The van der Waals surface area contributed by atoms with E-state index in [0.717, 1.165) is 16.7 Å². The lowest BCUT2D eigenvalue weighted by Gasteiger charge is -2.12. The van der Waals surface area contributed by atoms with Crippen molar-refractivity contribution in [3.63, 3.8) is 0 Å². The number of halogens is 1. The van der Waals surface area contributed by atoms with E-state index in [1.165, 1.54) is 48.5 Å². The Bertz CT molecular complexity index is 896. The number of carbonyl (C=O) groups is 2. The van der Waals surface area contributed by atoms with Crippen LogP contribution in [0.5, 0.6) is 0 Å². The number of nitrogens with zero attached hydrogens (tertiary/aromatic N) is 2. The van der Waals surface area contributed by atoms with Gasteiger partial charge in [-0.2, -0.15) is 0 Å². The minimum absolute atomic E-state index is 0.0389. The molecule has 0 spiro atoms. The maximum absolute atomic E-state index is 12.9. The zero-order valence-electron chi connectivity index (χ0n) is 12.7. The van der Waals surface area contributed by atoms with Gasteiger partial charge in [-0.3, -0.25) is 24.6 Å². The van der Waals surface area contributed by atoms with Crippen LogP contribution in [0, 0.1) is 15.9 Å². The first-order chi connectivity index (χ1) is 11.9. The Balaban J connectivity index is 1.82. The fraction of sp³-hybridized carbons (Fsp3) is 0.0588. The lowest BCUT2D eigenvalue weighted by molar-refractivity contribution is -0.384. The standard InChI is InChI=1S/C17H11FN2O4S/c18-13-6-4-11(5-7-13)10-19-16(21)15(25-17(19)22)9-12-2-1-3-14(8-12)20(23)24/h1-9H,10H2/b15-9+. The lowest BCUT2D eigenvalue weighted by Crippen LogP contribution is -2.27. The molecule has 0 unspecified atom stereocenters. The smallest absolute Gasteiger partial charge is 0.268 e. The van der Waals surface area contributed by atoms with E-state index in [0.29, 0.717) is 11.1 Å². The van der Waals surface area contributed by atoms with Crippen molar-refractivity contribution in [2.75, 3.05) is 0 Å². The molecule has 0 bridgehead atoms. The zero-order chi connectivity index (χ0) is 18.0. The fourth-order valence-electron chi connectivity index (χ4n) is 2.29. The van der Waals surface area contributed by atoms with Crippen molar-refractivity contribution in [2.45, 2.75) is 6.54 Å². The molecule has 0 aliphatic carbocycles. The number of carbonyl (C=O) groups excluding carboxylic acids is 2. The third-order valence-corrected chi connectivity index (χ3v) is 4.41. The molecule has 1 aliphatic heterocycles. The van der Waals surface area contributed by atoms with Crippen molar-refractivity contribution in [1.82, 2.24) is 4.90 Å². The molecule has 25 heavy (non-hydrogen) atoms. The summed E-state index contributed by atoms with van der Waals surface area (Å²) in [5, 5.41) is 10.4. The average molecular weight is 358 g/mol. The van der Waals surface area contributed by atoms with Gasteiger partial charge in [0, 0.05) is 12.1 Å². The fourth-order valence-corrected chi connectivity index (χ4v) is 3.13. The highest BCUT2D eigenvalue weighted by molar-refractivity contribution is 8.18. The molecular weight excluding hydrogens is 347 g/mol. The van der Waals surface area contributed by atoms with E-state index in [-0.39, 0.29) is 17.1 Å². The van der Waals surface area contributed by atoms with Gasteiger partial charge in [0.25, 0.3) is 16.8 Å². The zero-order valence-corrected chi connectivity index (χ0v) is 13.5. The number of nitro groups is 1. The SMILES string of the molecule is O=C1S/C(=C/c2cccc([N+](=O)[O-])c2)C(=O)N1Cc1ccc(F)cc1. The highest BCUT2D eigenvalue weighted by atomic mass is 32.2. The van der Waals surface area contributed by atoms with Crippen molar-refractivity contribution >= 4 is 34.7 Å². The van der Waals surface area contributed by atoms with Crippen molar-refractivity contribution in [1.29, 1.82) is 0 Å². The largest absolute Gasteiger partial charge is 0.293 e. The van der Waals surface area contributed by atoms with Gasteiger partial charge in [0.1, 0.15) is 5.82 Å². The molecule has 2 aromatic rings. The van der Waals surface area contributed by atoms with E-state index < -0.39 is 21.9 Å². The lowest BCUT2D eigenvalue weighted by atomic mass is 10.2. The normalized spacial score (nSPS) is 15.9. The summed E-state index contributed by atoms with van der Waals surface area (Å²) in [6.45, 7) is 0.0389. The van der Waals surface area contributed by atoms with Crippen molar-refractivity contribution < 1.29 is 18.9 Å². The maximum Gasteiger partial charge on any atom is 0.293 e. The van der Waals surface area contributed by atoms with Crippen LogP contribution >= 0.6 is 11.8 Å². The third kappa shape index (κ3) is 3.74. The number of amides is 2. The average Bonchev–Trinajstić information content (AvgIpc) is 2.84. The van der Waals surface area contributed by atoms with Crippen LogP contribution < -0.4 is 0 Å². The molecule has 1 saturated heterocycles. The number of rotatable bonds is 4. The van der Waals surface area contributed by atoms with E-state index in [1.54, 1.807) is 6.07 Å². The summed E-state index contributed by atoms with van der Waals surface area (Å²) in [4.78, 5) is 36.0. The number of imide groups is 1. The second-order valence-corrected chi connectivity index (χ2v) is 6.24. The molecule has 1 aliphatic rings. The topological polar surface area (TPSA) is 80.5 Å². The molecule has 2 aromatic carbocycles. The van der Waals surface area contributed by atoms with Gasteiger partial charge in [-0.1, -0.05) is 24.3 Å². The predicted molar refractivity (Wildman–Crippen MR) is 91.0 cm³/mol. The first-order valence-corrected chi connectivity index (χ1v) is 8.00. The highest BCUT2D eigenvalue weighted by Crippen LogP contribution is 2.33. The molecule has 6 nitrogen and oxygen atoms in total. The first-order valence-electron chi connectivity index (χ1n) is 7.18. The molecular formula is C17H11FN2O4S. The number of benzene rings is 2. The third-order valence-electron chi connectivity index (χ3n) is 3.51. The van der Waals surface area contributed by atoms with Gasteiger partial charge in [0.2, 0.25) is 0 Å². The minimum Gasteiger partial charge on any atom is -0.268 e. The Morgan fingerprint density at radius 3 is 2.56 bits per heavy atom. The van der Waals surface area contributed by atoms with Gasteiger partial charge >= 0.3 is 0 Å². The molecule has 0 saturated carbocycles. The number of non-ortho nitro benzene ring substituents is 1. The van der Waals surface area contributed by atoms with Gasteiger partial charge in [0.05, 0.1) is 16.4 Å². The van der Waals surface area contributed by atoms with Gasteiger partial charge in [-0.05, 0) is 41.1 Å². The summed E-state index contributed by atoms with van der Waals surface area (Å²) in [7, 11) is 0. The van der Waals surface area contributed by atoms with Gasteiger partial charge < -0.3 is 0 Å². The van der Waals surface area contributed by atoms with Crippen LogP contribution in [0.3, 0.4) is 0 Å². The van der Waals surface area contributed by atoms with Gasteiger partial charge in [-0.25, -0.2) is 4.39 Å². The van der Waals surface area contributed by atoms with Crippen molar-refractivity contribution in [3.05, 3.63) is 80.5 Å². The summed E-state index contributed by atoms with van der Waals surface area (Å²) in [6, 6.07) is 11.3. The second-order valence-electron chi connectivity index (χ2n) is 5.25. The molecule has 1 heterocycles. The number of nitro benzene ring substituents is 1. The number of hydrogen-bond donors (Lipinski definition) is 0. The highest BCUT2D eigenvalue weighted by Gasteiger charge is 2.35. The van der Waals surface area contributed by atoms with Crippen LogP contribution in [-0.2, 0) is 11.3 Å². The van der Waals surface area contributed by atoms with Crippen LogP contribution in [0.1, 0.15) is 11.1 Å². The summed E-state index contributed by atoms with van der Waals surface area (Å²) >= 11 is 0.768. The second kappa shape index (κ2) is 6.86. The molecule has 3 rings (SSSR count).